The van der Waals surface area contributed by atoms with Crippen molar-refractivity contribution in [3.8, 4) is 0 Å². The van der Waals surface area contributed by atoms with E-state index in [-0.39, 0.29) is 17.4 Å². The maximum Gasteiger partial charge on any atom is 0.158 e. The molecule has 0 amide bonds. The zero-order valence-electron chi connectivity index (χ0n) is 16.9. The number of rotatable bonds is 4. The van der Waals surface area contributed by atoms with Crippen LogP contribution in [0, 0.1) is 16.7 Å². The zero-order chi connectivity index (χ0) is 21.6. The summed E-state index contributed by atoms with van der Waals surface area (Å²) in [5.41, 5.74) is 7.53. The van der Waals surface area contributed by atoms with E-state index in [2.05, 4.69) is 25.6 Å². The van der Waals surface area contributed by atoms with Gasteiger partial charge in [-0.1, -0.05) is 23.4 Å². The molecule has 2 fully saturated rings. The lowest BCUT2D eigenvalue weighted by Crippen LogP contribution is -2.45. The molecular weight excluding hydrogens is 454 g/mol. The third-order valence-electron chi connectivity index (χ3n) is 6.42. The highest BCUT2D eigenvalue weighted by atomic mass is 35.5. The van der Waals surface area contributed by atoms with Gasteiger partial charge in [0.2, 0.25) is 0 Å². The maximum atomic E-state index is 7.87. The molecular formula is C20H22ClN7OS2. The van der Waals surface area contributed by atoms with Crippen LogP contribution in [0.1, 0.15) is 19.8 Å². The number of aromatic nitrogens is 4. The molecule has 3 aromatic rings. The van der Waals surface area contributed by atoms with Gasteiger partial charge in [-0.15, -0.1) is 0 Å². The van der Waals surface area contributed by atoms with E-state index in [0.717, 1.165) is 59.2 Å². The first-order valence-electron chi connectivity index (χ1n) is 10.1. The number of piperidine rings is 1. The molecule has 0 unspecified atom stereocenters. The average Bonchev–Trinajstić information content (AvgIpc) is 3.38. The topological polar surface area (TPSA) is 114 Å². The molecule has 162 valence electrons. The number of nitrogens with one attached hydrogen (secondary N) is 1. The second-order valence-corrected chi connectivity index (χ2v) is 10.1. The number of halogens is 1. The van der Waals surface area contributed by atoms with Crippen LogP contribution in [0.25, 0.3) is 11.0 Å². The SMILES string of the molecule is C[C@@H]1OCC2(CCN(c3ncc(Sc4ccnc(N)c4Cl)c4nsnc34)CC2)[C@@H]1C=N. The molecule has 5 heterocycles. The number of nitrogens with zero attached hydrogens (tertiary/aromatic N) is 5. The molecule has 0 saturated carbocycles. The zero-order valence-corrected chi connectivity index (χ0v) is 19.3. The number of pyridine rings is 2. The van der Waals surface area contributed by atoms with E-state index in [9.17, 15) is 0 Å². The van der Waals surface area contributed by atoms with Crippen LogP contribution in [-0.4, -0.2) is 50.7 Å². The molecule has 3 N–H and O–H groups in total. The van der Waals surface area contributed by atoms with Gasteiger partial charge in [-0.05, 0) is 25.8 Å². The van der Waals surface area contributed by atoms with Gasteiger partial charge < -0.3 is 20.8 Å². The summed E-state index contributed by atoms with van der Waals surface area (Å²) in [6.07, 6.45) is 7.11. The van der Waals surface area contributed by atoms with Crippen LogP contribution >= 0.6 is 35.1 Å². The highest BCUT2D eigenvalue weighted by Gasteiger charge is 2.48. The monoisotopic (exact) mass is 475 g/mol. The van der Waals surface area contributed by atoms with Gasteiger partial charge >= 0.3 is 0 Å². The molecule has 2 aliphatic heterocycles. The summed E-state index contributed by atoms with van der Waals surface area (Å²) >= 11 is 8.97. The number of ether oxygens (including phenoxy) is 1. The van der Waals surface area contributed by atoms with Gasteiger partial charge in [0.05, 0.1) is 34.4 Å². The summed E-state index contributed by atoms with van der Waals surface area (Å²) in [5.74, 6) is 1.35. The predicted molar refractivity (Wildman–Crippen MR) is 125 cm³/mol. The van der Waals surface area contributed by atoms with Gasteiger partial charge in [0.25, 0.3) is 0 Å². The Labute approximate surface area is 193 Å². The fourth-order valence-corrected chi connectivity index (χ4v) is 6.38. The Balaban J connectivity index is 1.40. The van der Waals surface area contributed by atoms with Crippen molar-refractivity contribution in [3.05, 3.63) is 23.5 Å². The summed E-state index contributed by atoms with van der Waals surface area (Å²) in [6, 6.07) is 1.83. The Bertz CT molecular complexity index is 1130. The van der Waals surface area contributed by atoms with Gasteiger partial charge in [0, 0.05) is 47.9 Å². The Kier molecular flexibility index (Phi) is 5.49. The second-order valence-electron chi connectivity index (χ2n) is 8.08. The van der Waals surface area contributed by atoms with Crippen molar-refractivity contribution >= 4 is 64.0 Å². The quantitative estimate of drug-likeness (QED) is 0.541. The van der Waals surface area contributed by atoms with E-state index < -0.39 is 0 Å². The number of hydrogen-bond donors (Lipinski definition) is 2. The molecule has 2 saturated heterocycles. The molecule has 0 aromatic carbocycles. The molecule has 11 heteroatoms. The van der Waals surface area contributed by atoms with Crippen molar-refractivity contribution in [1.82, 2.24) is 18.7 Å². The average molecular weight is 476 g/mol. The summed E-state index contributed by atoms with van der Waals surface area (Å²) in [7, 11) is 0. The van der Waals surface area contributed by atoms with Crippen LogP contribution < -0.4 is 10.6 Å². The molecule has 1 spiro atoms. The second kappa shape index (κ2) is 8.16. The van der Waals surface area contributed by atoms with Crippen molar-refractivity contribution in [2.24, 2.45) is 11.3 Å². The van der Waals surface area contributed by atoms with Crippen LogP contribution in [0.15, 0.2) is 28.3 Å². The normalized spacial score (nSPS) is 23.0. The lowest BCUT2D eigenvalue weighted by atomic mass is 9.69. The molecule has 2 atom stereocenters. The van der Waals surface area contributed by atoms with Gasteiger partial charge in [-0.3, -0.25) is 0 Å². The summed E-state index contributed by atoms with van der Waals surface area (Å²) in [4.78, 5) is 12.8. The van der Waals surface area contributed by atoms with Crippen molar-refractivity contribution < 1.29 is 4.74 Å². The highest BCUT2D eigenvalue weighted by molar-refractivity contribution is 7.99. The number of nitrogens with two attached hydrogens (primary N) is 1. The van der Waals surface area contributed by atoms with Gasteiger partial charge in [-0.25, -0.2) is 9.97 Å². The minimum Gasteiger partial charge on any atom is -0.382 e. The van der Waals surface area contributed by atoms with Crippen molar-refractivity contribution in [2.75, 3.05) is 30.3 Å². The maximum absolute atomic E-state index is 7.87. The Hall–Kier alpha value is -2.01. The van der Waals surface area contributed by atoms with Crippen molar-refractivity contribution in [2.45, 2.75) is 35.7 Å². The Morgan fingerprint density at radius 2 is 2.06 bits per heavy atom. The fraction of sp³-hybridized carbons (Fsp3) is 0.450. The third-order valence-corrected chi connectivity index (χ3v) is 8.54. The number of fused-ring (bicyclic) bond motifs is 1. The predicted octanol–water partition coefficient (Wildman–Crippen LogP) is 4.14. The molecule has 0 aliphatic carbocycles. The molecule has 0 bridgehead atoms. The molecule has 8 nitrogen and oxygen atoms in total. The number of anilines is 2. The van der Waals surface area contributed by atoms with Crippen molar-refractivity contribution in [3.63, 3.8) is 0 Å². The largest absolute Gasteiger partial charge is 0.382 e. The molecule has 3 aromatic heterocycles. The molecule has 0 radical (unpaired) electrons. The smallest absolute Gasteiger partial charge is 0.158 e. The van der Waals surface area contributed by atoms with E-state index in [1.807, 2.05) is 12.3 Å². The molecule has 5 rings (SSSR count). The van der Waals surface area contributed by atoms with Crippen LogP contribution in [0.4, 0.5) is 11.6 Å². The lowest BCUT2D eigenvalue weighted by molar-refractivity contribution is 0.0973. The first-order valence-corrected chi connectivity index (χ1v) is 12.0. The van der Waals surface area contributed by atoms with Crippen LogP contribution in [-0.2, 0) is 4.74 Å². The first kappa shape index (κ1) is 20.9. The number of hydrogen-bond acceptors (Lipinski definition) is 10. The first-order chi connectivity index (χ1) is 15.0. The third kappa shape index (κ3) is 3.55. The standard InChI is InChI=1S/C20H22ClN7OS2/c1-11-12(8-22)20(10-29-11)3-6-28(7-4-20)19-17-16(26-31-27-17)14(9-25-19)30-13-2-5-24-18(23)15(13)21/h2,5,8-9,11-12,22H,3-4,6-7,10H2,1H3,(H2,23,24)/t11-,12+/m0/s1. The van der Waals surface area contributed by atoms with E-state index in [1.54, 1.807) is 12.4 Å². The van der Waals surface area contributed by atoms with Gasteiger partial charge in [0.1, 0.15) is 16.9 Å². The molecule has 2 aliphatic rings. The van der Waals surface area contributed by atoms with Crippen molar-refractivity contribution in [1.29, 1.82) is 5.41 Å². The van der Waals surface area contributed by atoms with E-state index >= 15 is 0 Å². The Morgan fingerprint density at radius 1 is 1.29 bits per heavy atom. The van der Waals surface area contributed by atoms with Crippen LogP contribution in [0.3, 0.4) is 0 Å². The van der Waals surface area contributed by atoms with E-state index in [4.69, 9.17) is 32.5 Å². The molecule has 31 heavy (non-hydrogen) atoms. The Morgan fingerprint density at radius 3 is 2.84 bits per heavy atom. The van der Waals surface area contributed by atoms with Gasteiger partial charge in [0.15, 0.2) is 5.82 Å². The minimum atomic E-state index is 0.0604. The van der Waals surface area contributed by atoms with E-state index in [1.165, 1.54) is 23.5 Å². The summed E-state index contributed by atoms with van der Waals surface area (Å²) in [5, 5.41) is 8.30. The van der Waals surface area contributed by atoms with Gasteiger partial charge in [-0.2, -0.15) is 8.75 Å². The lowest BCUT2D eigenvalue weighted by Gasteiger charge is -2.41. The fourth-order valence-electron chi connectivity index (χ4n) is 4.63. The highest BCUT2D eigenvalue weighted by Crippen LogP contribution is 2.47. The minimum absolute atomic E-state index is 0.0604. The summed E-state index contributed by atoms with van der Waals surface area (Å²) < 4.78 is 15.0. The summed E-state index contributed by atoms with van der Waals surface area (Å²) in [6.45, 7) is 4.52. The van der Waals surface area contributed by atoms with E-state index in [0.29, 0.717) is 10.8 Å². The number of nitrogen functional groups attached to an aromatic ring is 1. The van der Waals surface area contributed by atoms with Crippen LogP contribution in [0.2, 0.25) is 5.02 Å². The van der Waals surface area contributed by atoms with Crippen LogP contribution in [0.5, 0.6) is 0 Å².